The van der Waals surface area contributed by atoms with E-state index in [1.165, 1.54) is 44.5 Å². The smallest absolute Gasteiger partial charge is 0.0713 e. The molecule has 0 fully saturated rings. The molecule has 216 valence electrons. The minimum absolute atomic E-state index is 0.471. The van der Waals surface area contributed by atoms with Crippen molar-refractivity contribution in [2.75, 3.05) is 4.90 Å². The van der Waals surface area contributed by atoms with Gasteiger partial charge >= 0.3 is 0 Å². The molecule has 0 aromatic heterocycles. The Labute approximate surface area is 266 Å². The van der Waals surface area contributed by atoms with Gasteiger partial charge in [0.1, 0.15) is 0 Å². The molecule has 0 N–H and O–H groups in total. The average molecular weight is 578 g/mol. The molecular formula is C44H35N. The molecule has 1 aliphatic carbocycles. The Balaban J connectivity index is 1.39. The molecule has 0 bridgehead atoms. The van der Waals surface area contributed by atoms with Crippen molar-refractivity contribution in [3.63, 3.8) is 0 Å². The van der Waals surface area contributed by atoms with Crippen molar-refractivity contribution < 1.29 is 0 Å². The summed E-state index contributed by atoms with van der Waals surface area (Å²) in [7, 11) is 0. The van der Waals surface area contributed by atoms with Crippen LogP contribution in [0.1, 0.15) is 29.2 Å². The van der Waals surface area contributed by atoms with Gasteiger partial charge in [-0.25, -0.2) is 0 Å². The summed E-state index contributed by atoms with van der Waals surface area (Å²) in [5.41, 5.74) is 12.7. The topological polar surface area (TPSA) is 3.24 Å². The molecule has 1 heteroatoms. The van der Waals surface area contributed by atoms with Gasteiger partial charge in [0.15, 0.2) is 0 Å². The zero-order chi connectivity index (χ0) is 30.6. The van der Waals surface area contributed by atoms with Crippen LogP contribution < -0.4 is 4.90 Å². The largest absolute Gasteiger partial charge is 0.311 e. The first-order valence-corrected chi connectivity index (χ1v) is 15.5. The number of hydrogen-bond donors (Lipinski definition) is 0. The van der Waals surface area contributed by atoms with Gasteiger partial charge in [0.2, 0.25) is 0 Å². The third kappa shape index (κ3) is 4.83. The first-order chi connectivity index (χ1) is 22.3. The van der Waals surface area contributed by atoms with Crippen LogP contribution in [0.3, 0.4) is 0 Å². The second kappa shape index (κ2) is 12.1. The number of para-hydroxylation sites is 1. The summed E-state index contributed by atoms with van der Waals surface area (Å²) in [5.74, 6) is 0. The summed E-state index contributed by atoms with van der Waals surface area (Å²) < 4.78 is 0. The first-order valence-electron chi connectivity index (χ1n) is 15.5. The minimum atomic E-state index is -0.471. The average Bonchev–Trinajstić information content (AvgIpc) is 3.40. The molecule has 1 atom stereocenters. The fraction of sp³-hybridized carbons (Fsp3) is 0.0455. The van der Waals surface area contributed by atoms with E-state index in [-0.39, 0.29) is 0 Å². The van der Waals surface area contributed by atoms with Crippen LogP contribution >= 0.6 is 0 Å². The molecule has 0 aliphatic heterocycles. The highest BCUT2D eigenvalue weighted by Gasteiger charge is 2.46. The molecule has 1 aliphatic rings. The molecule has 0 amide bonds. The fourth-order valence-electron chi connectivity index (χ4n) is 6.93. The van der Waals surface area contributed by atoms with Crippen molar-refractivity contribution >= 4 is 22.6 Å². The fourth-order valence-corrected chi connectivity index (χ4v) is 6.93. The van der Waals surface area contributed by atoms with Crippen LogP contribution in [0.25, 0.3) is 16.7 Å². The molecule has 0 saturated heterocycles. The summed E-state index contributed by atoms with van der Waals surface area (Å²) in [5, 5.41) is 0. The van der Waals surface area contributed by atoms with Crippen LogP contribution in [0.4, 0.5) is 17.1 Å². The predicted octanol–water partition coefficient (Wildman–Crippen LogP) is 11.7. The van der Waals surface area contributed by atoms with Crippen LogP contribution in [0.5, 0.6) is 0 Å². The van der Waals surface area contributed by atoms with Gasteiger partial charge in [-0.2, -0.15) is 0 Å². The third-order valence-corrected chi connectivity index (χ3v) is 8.87. The van der Waals surface area contributed by atoms with Crippen LogP contribution in [-0.4, -0.2) is 0 Å². The second-order valence-corrected chi connectivity index (χ2v) is 11.3. The predicted molar refractivity (Wildman–Crippen MR) is 191 cm³/mol. The van der Waals surface area contributed by atoms with Crippen molar-refractivity contribution in [2.45, 2.75) is 12.3 Å². The number of anilines is 3. The summed E-state index contributed by atoms with van der Waals surface area (Å²) in [6, 6.07) is 58.8. The number of hydrogen-bond acceptors (Lipinski definition) is 1. The van der Waals surface area contributed by atoms with Gasteiger partial charge in [-0.1, -0.05) is 152 Å². The lowest BCUT2D eigenvalue weighted by Crippen LogP contribution is -2.29. The zero-order valence-electron chi connectivity index (χ0n) is 25.5. The maximum atomic E-state index is 4.26. The SMILES string of the molecule is C=CC1=C(/C=C\C)C(c2ccccc2)(c2ccc(N(c3ccccc3)c3ccc(-c4ccccc4)cc3)cc2)c2ccccc21. The lowest BCUT2D eigenvalue weighted by molar-refractivity contribution is 0.761. The van der Waals surface area contributed by atoms with E-state index in [0.717, 1.165) is 17.1 Å². The van der Waals surface area contributed by atoms with E-state index in [1.54, 1.807) is 0 Å². The van der Waals surface area contributed by atoms with Gasteiger partial charge in [0, 0.05) is 17.1 Å². The van der Waals surface area contributed by atoms with Crippen molar-refractivity contribution in [3.8, 4) is 11.1 Å². The number of nitrogens with zero attached hydrogens (tertiary/aromatic N) is 1. The van der Waals surface area contributed by atoms with E-state index in [4.69, 9.17) is 0 Å². The van der Waals surface area contributed by atoms with Crippen molar-refractivity contribution in [1.29, 1.82) is 0 Å². The number of benzene rings is 6. The molecule has 0 radical (unpaired) electrons. The Morgan fingerprint density at radius 2 is 1.00 bits per heavy atom. The highest BCUT2D eigenvalue weighted by molar-refractivity contribution is 5.92. The second-order valence-electron chi connectivity index (χ2n) is 11.3. The van der Waals surface area contributed by atoms with Crippen molar-refractivity contribution in [2.24, 2.45) is 0 Å². The minimum Gasteiger partial charge on any atom is -0.311 e. The van der Waals surface area contributed by atoms with Gasteiger partial charge in [-0.05, 0) is 87.8 Å². The van der Waals surface area contributed by atoms with Gasteiger partial charge in [0.25, 0.3) is 0 Å². The van der Waals surface area contributed by atoms with Gasteiger partial charge in [0.05, 0.1) is 5.41 Å². The van der Waals surface area contributed by atoms with Crippen molar-refractivity contribution in [1.82, 2.24) is 0 Å². The summed E-state index contributed by atoms with van der Waals surface area (Å²) >= 11 is 0. The van der Waals surface area contributed by atoms with Crippen LogP contribution in [-0.2, 0) is 5.41 Å². The lowest BCUT2D eigenvalue weighted by Gasteiger charge is -2.35. The van der Waals surface area contributed by atoms with E-state index >= 15 is 0 Å². The molecule has 0 saturated carbocycles. The lowest BCUT2D eigenvalue weighted by atomic mass is 9.66. The Morgan fingerprint density at radius 1 is 0.511 bits per heavy atom. The van der Waals surface area contributed by atoms with Crippen LogP contribution in [0.2, 0.25) is 0 Å². The molecule has 0 heterocycles. The number of fused-ring (bicyclic) bond motifs is 1. The quantitative estimate of drug-likeness (QED) is 0.174. The summed E-state index contributed by atoms with van der Waals surface area (Å²) in [4.78, 5) is 2.33. The maximum Gasteiger partial charge on any atom is 0.0713 e. The highest BCUT2D eigenvalue weighted by atomic mass is 15.1. The number of allylic oxidation sites excluding steroid dienone is 5. The molecule has 45 heavy (non-hydrogen) atoms. The highest BCUT2D eigenvalue weighted by Crippen LogP contribution is 2.55. The van der Waals surface area contributed by atoms with Gasteiger partial charge in [-0.15, -0.1) is 0 Å². The standard InChI is InChI=1S/C44H35N/c1-3-16-42-40(4-2)41-23-14-15-24-43(41)44(42,35-19-10-6-11-20-35)36-27-31-39(32-28-36)45(37-21-12-7-13-22-37)38-29-25-34(26-30-38)33-17-8-5-9-18-33/h3-32H,2H2,1H3/b16-3-. The van der Waals surface area contributed by atoms with E-state index in [1.807, 2.05) is 6.08 Å². The molecular weight excluding hydrogens is 542 g/mol. The van der Waals surface area contributed by atoms with Gasteiger partial charge in [-0.3, -0.25) is 0 Å². The zero-order valence-corrected chi connectivity index (χ0v) is 25.5. The monoisotopic (exact) mass is 577 g/mol. The van der Waals surface area contributed by atoms with E-state index in [9.17, 15) is 0 Å². The first kappa shape index (κ1) is 28.1. The van der Waals surface area contributed by atoms with Crippen LogP contribution in [0.15, 0.2) is 194 Å². The Bertz CT molecular complexity index is 1980. The molecule has 0 spiro atoms. The number of rotatable bonds is 8. The van der Waals surface area contributed by atoms with Crippen molar-refractivity contribution in [3.05, 3.63) is 216 Å². The van der Waals surface area contributed by atoms with E-state index in [2.05, 4.69) is 194 Å². The van der Waals surface area contributed by atoms with Crippen LogP contribution in [0, 0.1) is 0 Å². The van der Waals surface area contributed by atoms with Gasteiger partial charge < -0.3 is 4.90 Å². The normalized spacial score (nSPS) is 15.7. The Morgan fingerprint density at radius 3 is 1.62 bits per heavy atom. The molecule has 7 rings (SSSR count). The maximum absolute atomic E-state index is 4.26. The Kier molecular flexibility index (Phi) is 7.59. The molecule has 1 unspecified atom stereocenters. The van der Waals surface area contributed by atoms with E-state index < -0.39 is 5.41 Å². The molecule has 6 aromatic rings. The summed E-state index contributed by atoms with van der Waals surface area (Å²) in [6.07, 6.45) is 6.43. The van der Waals surface area contributed by atoms with E-state index in [0.29, 0.717) is 0 Å². The Hall–Kier alpha value is -5.66. The third-order valence-electron chi connectivity index (χ3n) is 8.87. The summed E-state index contributed by atoms with van der Waals surface area (Å²) in [6.45, 7) is 6.35. The molecule has 6 aromatic carbocycles. The molecule has 1 nitrogen and oxygen atoms in total.